The summed E-state index contributed by atoms with van der Waals surface area (Å²) in [4.78, 5) is 0. The lowest BCUT2D eigenvalue weighted by molar-refractivity contribution is 0.480. The van der Waals surface area contributed by atoms with Gasteiger partial charge in [0.2, 0.25) is 0 Å². The van der Waals surface area contributed by atoms with Gasteiger partial charge < -0.3 is 0 Å². The molecule has 3 atom stereocenters. The molecule has 0 spiro atoms. The molecule has 0 N–H and O–H groups in total. The zero-order valence-electron chi connectivity index (χ0n) is 5.78. The van der Waals surface area contributed by atoms with Crippen LogP contribution in [-0.2, 0) is 0 Å². The fourth-order valence-electron chi connectivity index (χ4n) is 2.15. The molecule has 0 radical (unpaired) electrons. The molecule has 0 heterocycles. The van der Waals surface area contributed by atoms with Crippen LogP contribution >= 0.6 is 0 Å². The van der Waals surface area contributed by atoms with Gasteiger partial charge in [0.05, 0.1) is 0 Å². The van der Waals surface area contributed by atoms with Crippen LogP contribution in [0.4, 0.5) is 0 Å². The van der Waals surface area contributed by atoms with Crippen LogP contribution < -0.4 is 0 Å². The van der Waals surface area contributed by atoms with Crippen molar-refractivity contribution in [3.05, 3.63) is 0 Å². The second-order valence-corrected chi connectivity index (χ2v) is 3.71. The van der Waals surface area contributed by atoms with Gasteiger partial charge in [0.1, 0.15) is 0 Å². The fourth-order valence-corrected chi connectivity index (χ4v) is 2.15. The highest BCUT2D eigenvalue weighted by atomic mass is 14.8. The zero-order valence-corrected chi connectivity index (χ0v) is 5.78. The minimum Gasteiger partial charge on any atom is -0.0654 e. The normalized spacial score (nSPS) is 57.8. The average molecular weight is 110 g/mol. The summed E-state index contributed by atoms with van der Waals surface area (Å²) in [6, 6.07) is 0. The van der Waals surface area contributed by atoms with Crippen molar-refractivity contribution in [3.63, 3.8) is 0 Å². The van der Waals surface area contributed by atoms with Crippen LogP contribution in [0.3, 0.4) is 0 Å². The molecule has 46 valence electrons. The Morgan fingerprint density at radius 2 is 2.25 bits per heavy atom. The molecule has 8 heavy (non-hydrogen) atoms. The van der Waals surface area contributed by atoms with Crippen molar-refractivity contribution in [3.8, 4) is 0 Å². The maximum absolute atomic E-state index is 2.44. The summed E-state index contributed by atoms with van der Waals surface area (Å²) in [6.45, 7) is 4.74. The van der Waals surface area contributed by atoms with E-state index in [4.69, 9.17) is 0 Å². The van der Waals surface area contributed by atoms with E-state index in [9.17, 15) is 0 Å². The van der Waals surface area contributed by atoms with Crippen molar-refractivity contribution >= 4 is 0 Å². The van der Waals surface area contributed by atoms with Crippen LogP contribution in [0.15, 0.2) is 0 Å². The molecular formula is C8H14. The molecule has 2 saturated carbocycles. The first-order valence-corrected chi connectivity index (χ1v) is 3.79. The highest BCUT2D eigenvalue weighted by Gasteiger charge is 2.73. The van der Waals surface area contributed by atoms with Gasteiger partial charge in [0.25, 0.3) is 0 Å². The zero-order chi connectivity index (χ0) is 5.78. The van der Waals surface area contributed by atoms with Crippen molar-refractivity contribution < 1.29 is 0 Å². The maximum atomic E-state index is 2.44. The predicted octanol–water partition coefficient (Wildman–Crippen LogP) is 2.44. The quantitative estimate of drug-likeness (QED) is 0.512. The standard InChI is InChI=1S/C8H14/c1-3-4-6-7-5-8(6,7)2/h6-7H,3-5H2,1-2H3. The molecule has 0 aromatic heterocycles. The van der Waals surface area contributed by atoms with Gasteiger partial charge in [-0.2, -0.15) is 0 Å². The van der Waals surface area contributed by atoms with Crippen LogP contribution in [0.25, 0.3) is 0 Å². The molecule has 2 aliphatic rings. The minimum atomic E-state index is 0.885. The van der Waals surface area contributed by atoms with Crippen LogP contribution in [0.1, 0.15) is 33.1 Å². The maximum Gasteiger partial charge on any atom is -0.0260 e. The van der Waals surface area contributed by atoms with E-state index in [0.29, 0.717) is 0 Å². The van der Waals surface area contributed by atoms with Gasteiger partial charge in [0.15, 0.2) is 0 Å². The molecule has 0 bridgehead atoms. The summed E-state index contributed by atoms with van der Waals surface area (Å²) in [7, 11) is 0. The first-order valence-electron chi connectivity index (χ1n) is 3.79. The third kappa shape index (κ3) is 0.375. The van der Waals surface area contributed by atoms with Gasteiger partial charge in [-0.1, -0.05) is 20.3 Å². The SMILES string of the molecule is CCCC1C2CC12C. The van der Waals surface area contributed by atoms with E-state index in [1.165, 1.54) is 18.8 Å². The Labute approximate surface area is 51.3 Å². The summed E-state index contributed by atoms with van der Waals surface area (Å²) in [6.07, 6.45) is 4.45. The first kappa shape index (κ1) is 4.84. The summed E-state index contributed by atoms with van der Waals surface area (Å²) in [5.74, 6) is 2.34. The lowest BCUT2D eigenvalue weighted by atomic mass is 10.0. The van der Waals surface area contributed by atoms with Crippen LogP contribution in [0.2, 0.25) is 0 Å². The molecule has 3 unspecified atom stereocenters. The van der Waals surface area contributed by atoms with Crippen molar-refractivity contribution in [1.29, 1.82) is 0 Å². The molecule has 0 aromatic carbocycles. The molecule has 0 saturated heterocycles. The molecule has 2 aliphatic carbocycles. The Balaban J connectivity index is 1.83. The minimum absolute atomic E-state index is 0.885. The largest absolute Gasteiger partial charge is 0.0654 e. The lowest BCUT2D eigenvalue weighted by Crippen LogP contribution is -1.92. The van der Waals surface area contributed by atoms with E-state index in [1.807, 2.05) is 0 Å². The monoisotopic (exact) mass is 110 g/mol. The van der Waals surface area contributed by atoms with Crippen molar-refractivity contribution in [2.75, 3.05) is 0 Å². The van der Waals surface area contributed by atoms with Crippen LogP contribution in [-0.4, -0.2) is 0 Å². The third-order valence-electron chi connectivity index (χ3n) is 3.17. The third-order valence-corrected chi connectivity index (χ3v) is 3.17. The molecule has 0 aromatic rings. The summed E-state index contributed by atoms with van der Waals surface area (Å²) in [5.41, 5.74) is 0.885. The van der Waals surface area contributed by atoms with E-state index in [-0.39, 0.29) is 0 Å². The average Bonchev–Trinajstić information content (AvgIpc) is 2.49. The lowest BCUT2D eigenvalue weighted by Gasteiger charge is -2.02. The summed E-state index contributed by atoms with van der Waals surface area (Å²) < 4.78 is 0. The van der Waals surface area contributed by atoms with Gasteiger partial charge in [-0.15, -0.1) is 0 Å². The van der Waals surface area contributed by atoms with Gasteiger partial charge in [0, 0.05) is 0 Å². The summed E-state index contributed by atoms with van der Waals surface area (Å²) >= 11 is 0. The Bertz CT molecular complexity index is 117. The van der Waals surface area contributed by atoms with E-state index in [2.05, 4.69) is 13.8 Å². The smallest absolute Gasteiger partial charge is 0.0260 e. The Hall–Kier alpha value is 0. The molecule has 0 heteroatoms. The Kier molecular flexibility index (Phi) is 0.678. The summed E-state index contributed by atoms with van der Waals surface area (Å²) in [5, 5.41) is 0. The van der Waals surface area contributed by atoms with E-state index < -0.39 is 0 Å². The van der Waals surface area contributed by atoms with Gasteiger partial charge in [-0.25, -0.2) is 0 Å². The topological polar surface area (TPSA) is 0 Å². The van der Waals surface area contributed by atoms with Crippen LogP contribution in [0, 0.1) is 17.3 Å². The molecule has 0 aliphatic heterocycles. The van der Waals surface area contributed by atoms with E-state index in [0.717, 1.165) is 11.3 Å². The molecule has 2 rings (SSSR count). The second-order valence-electron chi connectivity index (χ2n) is 3.71. The van der Waals surface area contributed by atoms with Gasteiger partial charge >= 0.3 is 0 Å². The van der Waals surface area contributed by atoms with E-state index >= 15 is 0 Å². The van der Waals surface area contributed by atoms with Crippen molar-refractivity contribution in [2.24, 2.45) is 17.3 Å². The van der Waals surface area contributed by atoms with Crippen molar-refractivity contribution in [1.82, 2.24) is 0 Å². The fraction of sp³-hybridized carbons (Fsp3) is 1.00. The molecular weight excluding hydrogens is 96.1 g/mol. The number of rotatable bonds is 2. The van der Waals surface area contributed by atoms with E-state index in [1.54, 1.807) is 6.42 Å². The number of hydrogen-bond donors (Lipinski definition) is 0. The molecule has 0 amide bonds. The highest BCUT2D eigenvalue weighted by molar-refractivity contribution is 5.22. The number of fused-ring (bicyclic) bond motifs is 1. The molecule has 0 nitrogen and oxygen atoms in total. The predicted molar refractivity (Wildman–Crippen MR) is 34.6 cm³/mol. The highest BCUT2D eigenvalue weighted by Crippen LogP contribution is 2.80. The molecule has 2 fully saturated rings. The number of hydrogen-bond acceptors (Lipinski definition) is 0. The van der Waals surface area contributed by atoms with Gasteiger partial charge in [-0.3, -0.25) is 0 Å². The van der Waals surface area contributed by atoms with Crippen LogP contribution in [0.5, 0.6) is 0 Å². The first-order chi connectivity index (χ1) is 3.79. The Morgan fingerprint density at radius 3 is 2.38 bits per heavy atom. The Morgan fingerprint density at radius 1 is 1.62 bits per heavy atom. The van der Waals surface area contributed by atoms with Crippen molar-refractivity contribution in [2.45, 2.75) is 33.1 Å². The second kappa shape index (κ2) is 1.12. The van der Waals surface area contributed by atoms with Gasteiger partial charge in [-0.05, 0) is 30.1 Å².